The number of imidazole rings is 2. The summed E-state index contributed by atoms with van der Waals surface area (Å²) in [6.07, 6.45) is 4.96. The monoisotopic (exact) mass is 639 g/mol. The van der Waals surface area contributed by atoms with Gasteiger partial charge in [-0.15, -0.1) is 5.10 Å². The number of nitrogens with one attached hydrogen (secondary N) is 2. The van der Waals surface area contributed by atoms with E-state index in [-0.39, 0.29) is 52.1 Å². The predicted molar refractivity (Wildman–Crippen MR) is 144 cm³/mol. The SMILES string of the molecule is O=C(NCc1ncn2ccc(Cl)c(F)c12)c1cn(Cc2cn3cc(C4CC4)cc(CS(=O)(=O)NCC(F)(F)F)c3n2)nn1. The fraction of sp³-hybridized carbons (Fsp3) is 0.320. The molecule has 1 aliphatic rings. The fourth-order valence-corrected chi connectivity index (χ4v) is 5.88. The minimum Gasteiger partial charge on any atom is -0.345 e. The number of halogens is 5. The Balaban J connectivity index is 1.17. The number of nitrogens with zero attached hydrogens (tertiary/aromatic N) is 7. The van der Waals surface area contributed by atoms with Crippen LogP contribution in [-0.4, -0.2) is 60.8 Å². The summed E-state index contributed by atoms with van der Waals surface area (Å²) in [6, 6.07) is 3.05. The number of sulfonamides is 1. The van der Waals surface area contributed by atoms with Crippen molar-refractivity contribution in [3.8, 4) is 0 Å². The van der Waals surface area contributed by atoms with Crippen LogP contribution in [0.4, 0.5) is 17.6 Å². The first-order valence-electron chi connectivity index (χ1n) is 12.9. The van der Waals surface area contributed by atoms with E-state index in [9.17, 15) is 30.8 Å². The van der Waals surface area contributed by atoms with Crippen LogP contribution in [0.25, 0.3) is 11.2 Å². The summed E-state index contributed by atoms with van der Waals surface area (Å²) in [5, 5.41) is 10.4. The molecule has 0 aromatic carbocycles. The van der Waals surface area contributed by atoms with Gasteiger partial charge in [0.15, 0.2) is 11.5 Å². The zero-order valence-corrected chi connectivity index (χ0v) is 23.6. The van der Waals surface area contributed by atoms with Gasteiger partial charge in [0.05, 0.1) is 47.8 Å². The lowest BCUT2D eigenvalue weighted by Crippen LogP contribution is -2.34. The van der Waals surface area contributed by atoms with Gasteiger partial charge in [-0.25, -0.2) is 32.2 Å². The van der Waals surface area contributed by atoms with Crippen molar-refractivity contribution in [1.82, 2.24) is 43.8 Å². The van der Waals surface area contributed by atoms with Crippen LogP contribution in [-0.2, 0) is 28.9 Å². The zero-order chi connectivity index (χ0) is 30.5. The molecule has 12 nitrogen and oxygen atoms in total. The minimum atomic E-state index is -4.69. The van der Waals surface area contributed by atoms with Crippen molar-refractivity contribution in [3.05, 3.63) is 82.3 Å². The first-order valence-corrected chi connectivity index (χ1v) is 14.9. The van der Waals surface area contributed by atoms with Crippen LogP contribution in [0.1, 0.15) is 51.8 Å². The smallest absolute Gasteiger partial charge is 0.345 e. The number of carbonyl (C=O) groups is 1. The average molecular weight is 640 g/mol. The lowest BCUT2D eigenvalue weighted by Gasteiger charge is -2.11. The maximum atomic E-state index is 14.5. The molecule has 18 heteroatoms. The van der Waals surface area contributed by atoms with Crippen molar-refractivity contribution >= 4 is 38.7 Å². The zero-order valence-electron chi connectivity index (χ0n) is 22.0. The Morgan fingerprint density at radius 3 is 2.70 bits per heavy atom. The molecule has 6 rings (SSSR count). The number of fused-ring (bicyclic) bond motifs is 2. The fourth-order valence-electron chi connectivity index (χ4n) is 4.63. The number of rotatable bonds is 10. The van der Waals surface area contributed by atoms with Gasteiger partial charge in [-0.1, -0.05) is 16.8 Å². The van der Waals surface area contributed by atoms with E-state index in [2.05, 4.69) is 25.6 Å². The summed E-state index contributed by atoms with van der Waals surface area (Å²) in [4.78, 5) is 21.3. The van der Waals surface area contributed by atoms with Crippen LogP contribution in [0.5, 0.6) is 0 Å². The molecular weight excluding hydrogens is 618 g/mol. The maximum absolute atomic E-state index is 14.5. The molecule has 5 aromatic rings. The van der Waals surface area contributed by atoms with Gasteiger partial charge >= 0.3 is 6.18 Å². The Morgan fingerprint density at radius 2 is 1.95 bits per heavy atom. The van der Waals surface area contributed by atoms with Gasteiger partial charge < -0.3 is 14.1 Å². The van der Waals surface area contributed by atoms with Crippen LogP contribution < -0.4 is 10.0 Å². The molecule has 226 valence electrons. The summed E-state index contributed by atoms with van der Waals surface area (Å²) in [5.41, 5.74) is 2.22. The van der Waals surface area contributed by atoms with Gasteiger partial charge in [0.1, 0.15) is 17.7 Å². The maximum Gasteiger partial charge on any atom is 0.402 e. The predicted octanol–water partition coefficient (Wildman–Crippen LogP) is 3.20. The lowest BCUT2D eigenvalue weighted by atomic mass is 10.1. The van der Waals surface area contributed by atoms with Crippen molar-refractivity contribution < 1.29 is 30.8 Å². The van der Waals surface area contributed by atoms with E-state index < -0.39 is 40.2 Å². The third-order valence-corrected chi connectivity index (χ3v) is 8.33. The lowest BCUT2D eigenvalue weighted by molar-refractivity contribution is -0.121. The van der Waals surface area contributed by atoms with Crippen LogP contribution in [0.15, 0.2) is 43.2 Å². The Bertz CT molecular complexity index is 1970. The first-order chi connectivity index (χ1) is 20.3. The van der Waals surface area contributed by atoms with Crippen LogP contribution in [0.2, 0.25) is 5.02 Å². The normalized spacial score (nSPS) is 14.2. The van der Waals surface area contributed by atoms with E-state index in [1.54, 1.807) is 27.6 Å². The molecule has 1 aliphatic carbocycles. The summed E-state index contributed by atoms with van der Waals surface area (Å²) < 4.78 is 83.2. The summed E-state index contributed by atoms with van der Waals surface area (Å²) in [5.74, 6) is -1.69. The molecule has 1 saturated carbocycles. The molecule has 1 fully saturated rings. The Morgan fingerprint density at radius 1 is 1.16 bits per heavy atom. The van der Waals surface area contributed by atoms with Crippen LogP contribution in [0.3, 0.4) is 0 Å². The van der Waals surface area contributed by atoms with Gasteiger partial charge in [0.2, 0.25) is 10.0 Å². The largest absolute Gasteiger partial charge is 0.402 e. The van der Waals surface area contributed by atoms with Crippen molar-refractivity contribution in [2.45, 2.75) is 43.8 Å². The third-order valence-electron chi connectivity index (χ3n) is 6.77. The first kappa shape index (κ1) is 29.0. The van der Waals surface area contributed by atoms with E-state index in [1.807, 2.05) is 6.20 Å². The molecule has 5 aromatic heterocycles. The number of aromatic nitrogens is 7. The summed E-state index contributed by atoms with van der Waals surface area (Å²) in [6.45, 7) is -1.70. The Labute approximate surface area is 245 Å². The van der Waals surface area contributed by atoms with Crippen molar-refractivity contribution in [2.24, 2.45) is 0 Å². The van der Waals surface area contributed by atoms with Crippen LogP contribution in [0, 0.1) is 5.82 Å². The summed E-state index contributed by atoms with van der Waals surface area (Å²) >= 11 is 5.86. The molecule has 0 saturated heterocycles. The van der Waals surface area contributed by atoms with Crippen molar-refractivity contribution in [3.63, 3.8) is 0 Å². The quantitative estimate of drug-likeness (QED) is 0.224. The van der Waals surface area contributed by atoms with E-state index in [0.29, 0.717) is 5.69 Å². The molecule has 1 amide bonds. The Hall–Kier alpha value is -4.09. The van der Waals surface area contributed by atoms with E-state index >= 15 is 0 Å². The van der Waals surface area contributed by atoms with Gasteiger partial charge in [-0.3, -0.25) is 4.79 Å². The highest BCUT2D eigenvalue weighted by Crippen LogP contribution is 2.40. The molecule has 0 bridgehead atoms. The van der Waals surface area contributed by atoms with Gasteiger partial charge in [0, 0.05) is 24.2 Å². The highest BCUT2D eigenvalue weighted by Gasteiger charge is 2.31. The number of hydrogen-bond acceptors (Lipinski definition) is 7. The molecule has 0 radical (unpaired) electrons. The number of hydrogen-bond donors (Lipinski definition) is 2. The van der Waals surface area contributed by atoms with E-state index in [1.165, 1.54) is 27.7 Å². The van der Waals surface area contributed by atoms with E-state index in [4.69, 9.17) is 11.6 Å². The molecule has 0 atom stereocenters. The van der Waals surface area contributed by atoms with Gasteiger partial charge in [-0.2, -0.15) is 13.2 Å². The highest BCUT2D eigenvalue weighted by atomic mass is 35.5. The second-order valence-electron chi connectivity index (χ2n) is 10.1. The van der Waals surface area contributed by atoms with Crippen molar-refractivity contribution in [2.75, 3.05) is 6.54 Å². The molecule has 5 heterocycles. The highest BCUT2D eigenvalue weighted by molar-refractivity contribution is 7.88. The molecule has 2 N–H and O–H groups in total. The van der Waals surface area contributed by atoms with Crippen LogP contribution >= 0.6 is 11.6 Å². The third kappa shape index (κ3) is 6.47. The standard InChI is InChI=1S/C25H22ClF4N9O3S/c26-18-3-4-37-13-32-19(22(37)21(18)27)6-31-24(40)20-10-39(36-35-20)9-17-8-38-7-15(14-1-2-14)5-16(23(38)34-17)11-43(41,42)33-12-25(28,29)30/h3-5,7-8,10,13-14,33H,1-2,6,9,11-12H2,(H,31,40). The van der Waals surface area contributed by atoms with Gasteiger partial charge in [0.25, 0.3) is 5.91 Å². The summed E-state index contributed by atoms with van der Waals surface area (Å²) in [7, 11) is -4.30. The minimum absolute atomic E-state index is 0.0238. The topological polar surface area (TPSA) is 141 Å². The number of carbonyl (C=O) groups excluding carboxylic acids is 1. The molecule has 0 aliphatic heterocycles. The number of amides is 1. The second-order valence-corrected chi connectivity index (χ2v) is 12.4. The Kier molecular flexibility index (Phi) is 7.34. The number of alkyl halides is 3. The van der Waals surface area contributed by atoms with Gasteiger partial charge in [-0.05, 0) is 36.5 Å². The average Bonchev–Trinajstić information content (AvgIpc) is 3.33. The second kappa shape index (κ2) is 10.9. The number of pyridine rings is 2. The molecule has 43 heavy (non-hydrogen) atoms. The molecular formula is C25H22ClF4N9O3S. The van der Waals surface area contributed by atoms with Crippen molar-refractivity contribution in [1.29, 1.82) is 0 Å². The van der Waals surface area contributed by atoms with E-state index in [0.717, 1.165) is 18.4 Å². The molecule has 0 unspecified atom stereocenters. The molecule has 0 spiro atoms.